The van der Waals surface area contributed by atoms with Crippen molar-refractivity contribution in [3.05, 3.63) is 22.7 Å². The van der Waals surface area contributed by atoms with Crippen LogP contribution in [0.4, 0.5) is 5.69 Å². The maximum atomic E-state index is 12.4. The topological polar surface area (TPSA) is 55.4 Å². The number of halogens is 1. The summed E-state index contributed by atoms with van der Waals surface area (Å²) in [6.07, 6.45) is 0.425. The third-order valence-corrected chi connectivity index (χ3v) is 4.29. The maximum absolute atomic E-state index is 12.4. The maximum Gasteiger partial charge on any atom is 0.262 e. The lowest BCUT2D eigenvalue weighted by Crippen LogP contribution is -2.26. The van der Waals surface area contributed by atoms with E-state index in [9.17, 15) is 9.59 Å². The number of hydrogen-bond donors (Lipinski definition) is 1. The highest BCUT2D eigenvalue weighted by molar-refractivity contribution is 6.34. The second-order valence-corrected chi connectivity index (χ2v) is 6.97. The van der Waals surface area contributed by atoms with Gasteiger partial charge in [-0.25, -0.2) is 0 Å². The molecule has 0 aliphatic carbocycles. The number of anilines is 1. The molecular formula is C16H20ClNO3. The monoisotopic (exact) mass is 309 g/mol. The van der Waals surface area contributed by atoms with Crippen LogP contribution in [-0.2, 0) is 4.79 Å². The van der Waals surface area contributed by atoms with Crippen LogP contribution in [-0.4, -0.2) is 18.3 Å². The Kier molecular flexibility index (Phi) is 4.28. The third-order valence-electron chi connectivity index (χ3n) is 3.97. The summed E-state index contributed by atoms with van der Waals surface area (Å²) < 4.78 is 5.33. The number of amides is 1. The van der Waals surface area contributed by atoms with Gasteiger partial charge in [0.15, 0.2) is 12.4 Å². The summed E-state index contributed by atoms with van der Waals surface area (Å²) in [5.74, 6) is 0.494. The largest absolute Gasteiger partial charge is 0.482 e. The van der Waals surface area contributed by atoms with Gasteiger partial charge < -0.3 is 10.1 Å². The fourth-order valence-electron chi connectivity index (χ4n) is 2.01. The second-order valence-electron chi connectivity index (χ2n) is 6.56. The number of benzene rings is 1. The van der Waals surface area contributed by atoms with Gasteiger partial charge in [-0.2, -0.15) is 0 Å². The first kappa shape index (κ1) is 15.8. The first-order valence-corrected chi connectivity index (χ1v) is 7.35. The highest BCUT2D eigenvalue weighted by atomic mass is 35.5. The number of fused-ring (bicyclic) bond motifs is 1. The van der Waals surface area contributed by atoms with Gasteiger partial charge in [-0.15, -0.1) is 0 Å². The molecule has 1 aliphatic heterocycles. The molecule has 2 rings (SSSR count). The van der Waals surface area contributed by atoms with E-state index in [1.165, 1.54) is 0 Å². The molecular weight excluding hydrogens is 290 g/mol. The summed E-state index contributed by atoms with van der Waals surface area (Å²) in [5.41, 5.74) is 1.01. The van der Waals surface area contributed by atoms with E-state index < -0.39 is 0 Å². The lowest BCUT2D eigenvalue weighted by atomic mass is 9.78. The van der Waals surface area contributed by atoms with Gasteiger partial charge in [0.25, 0.3) is 5.91 Å². The van der Waals surface area contributed by atoms with Gasteiger partial charge >= 0.3 is 0 Å². The average Bonchev–Trinajstić information content (AvgIpc) is 2.36. The Morgan fingerprint density at radius 2 is 2.10 bits per heavy atom. The molecule has 5 heteroatoms. The molecule has 1 heterocycles. The molecule has 114 valence electrons. The molecule has 0 spiro atoms. The minimum absolute atomic E-state index is 0.00859. The molecule has 0 aromatic heterocycles. The smallest absolute Gasteiger partial charge is 0.262 e. The second kappa shape index (κ2) is 5.68. The number of nitrogens with one attached hydrogen (secondary N) is 1. The summed E-state index contributed by atoms with van der Waals surface area (Å²) in [6, 6.07) is 3.19. The number of Topliss-reactive ketones (excluding diaryl/α,β-unsaturated/α-hetero) is 1. The quantitative estimate of drug-likeness (QED) is 0.861. The molecule has 1 amide bonds. The van der Waals surface area contributed by atoms with Crippen molar-refractivity contribution in [1.29, 1.82) is 0 Å². The van der Waals surface area contributed by atoms with Crippen molar-refractivity contribution in [2.24, 2.45) is 11.3 Å². The van der Waals surface area contributed by atoms with Crippen molar-refractivity contribution in [1.82, 2.24) is 0 Å². The predicted octanol–water partition coefficient (Wildman–Crippen LogP) is 3.93. The van der Waals surface area contributed by atoms with Crippen LogP contribution in [0.15, 0.2) is 12.1 Å². The minimum atomic E-state index is -0.223. The van der Waals surface area contributed by atoms with Gasteiger partial charge in [-0.05, 0) is 23.5 Å². The van der Waals surface area contributed by atoms with Gasteiger partial charge in [0.1, 0.15) is 5.75 Å². The standard InChI is InChI=1S/C16H20ClNO3/c1-9(16(2,3)4)5-13(19)10-6-14-12(7-11(10)17)18-15(20)8-21-14/h6-7,9H,5,8H2,1-4H3,(H,18,20). The lowest BCUT2D eigenvalue weighted by Gasteiger charge is -2.27. The number of hydrogen-bond acceptors (Lipinski definition) is 3. The first-order chi connectivity index (χ1) is 9.68. The van der Waals surface area contributed by atoms with Crippen molar-refractivity contribution < 1.29 is 14.3 Å². The van der Waals surface area contributed by atoms with E-state index in [4.69, 9.17) is 16.3 Å². The van der Waals surface area contributed by atoms with E-state index in [0.29, 0.717) is 28.4 Å². The van der Waals surface area contributed by atoms with Crippen molar-refractivity contribution in [2.75, 3.05) is 11.9 Å². The van der Waals surface area contributed by atoms with E-state index in [1.54, 1.807) is 12.1 Å². The minimum Gasteiger partial charge on any atom is -0.482 e. The van der Waals surface area contributed by atoms with E-state index in [-0.39, 0.29) is 29.6 Å². The Labute approximate surface area is 129 Å². The third kappa shape index (κ3) is 3.56. The number of ether oxygens (including phenoxy) is 1. The Morgan fingerprint density at radius 3 is 2.71 bits per heavy atom. The van der Waals surface area contributed by atoms with Crippen LogP contribution in [0.1, 0.15) is 44.5 Å². The van der Waals surface area contributed by atoms with E-state index >= 15 is 0 Å². The molecule has 1 aliphatic rings. The Balaban J connectivity index is 2.24. The van der Waals surface area contributed by atoms with Crippen molar-refractivity contribution >= 4 is 29.0 Å². The summed E-state index contributed by atoms with van der Waals surface area (Å²) in [6.45, 7) is 8.34. The Morgan fingerprint density at radius 1 is 1.43 bits per heavy atom. The molecule has 21 heavy (non-hydrogen) atoms. The van der Waals surface area contributed by atoms with Crippen LogP contribution in [0.3, 0.4) is 0 Å². The fraction of sp³-hybridized carbons (Fsp3) is 0.500. The molecule has 1 N–H and O–H groups in total. The molecule has 1 aromatic rings. The SMILES string of the molecule is CC(CC(=O)c1cc2c(cc1Cl)NC(=O)CO2)C(C)(C)C. The number of carbonyl (C=O) groups is 2. The summed E-state index contributed by atoms with van der Waals surface area (Å²) in [4.78, 5) is 23.7. The summed E-state index contributed by atoms with van der Waals surface area (Å²) in [5, 5.41) is 3.01. The summed E-state index contributed by atoms with van der Waals surface area (Å²) >= 11 is 6.17. The molecule has 1 aromatic carbocycles. The fourth-order valence-corrected chi connectivity index (χ4v) is 2.28. The molecule has 0 saturated carbocycles. The highest BCUT2D eigenvalue weighted by Gasteiger charge is 2.26. The van der Waals surface area contributed by atoms with Crippen LogP contribution >= 0.6 is 11.6 Å². The van der Waals surface area contributed by atoms with Gasteiger partial charge in [-0.3, -0.25) is 9.59 Å². The van der Waals surface area contributed by atoms with Crippen molar-refractivity contribution in [2.45, 2.75) is 34.1 Å². The highest BCUT2D eigenvalue weighted by Crippen LogP contribution is 2.36. The van der Waals surface area contributed by atoms with Gasteiger partial charge in [0.05, 0.1) is 10.7 Å². The van der Waals surface area contributed by atoms with Crippen LogP contribution in [0, 0.1) is 11.3 Å². The Bertz CT molecular complexity index is 590. The van der Waals surface area contributed by atoms with Crippen LogP contribution in [0.5, 0.6) is 5.75 Å². The van der Waals surface area contributed by atoms with Gasteiger partial charge in [0, 0.05) is 12.0 Å². The number of ketones is 1. The normalized spacial score (nSPS) is 15.8. The Hall–Kier alpha value is -1.55. The van der Waals surface area contributed by atoms with E-state index in [2.05, 4.69) is 33.0 Å². The zero-order valence-corrected chi connectivity index (χ0v) is 13.5. The van der Waals surface area contributed by atoms with E-state index in [1.807, 2.05) is 0 Å². The number of rotatable bonds is 3. The lowest BCUT2D eigenvalue weighted by molar-refractivity contribution is -0.118. The van der Waals surface area contributed by atoms with Crippen LogP contribution in [0.2, 0.25) is 5.02 Å². The van der Waals surface area contributed by atoms with Crippen LogP contribution < -0.4 is 10.1 Å². The van der Waals surface area contributed by atoms with Crippen molar-refractivity contribution in [3.8, 4) is 5.75 Å². The molecule has 0 radical (unpaired) electrons. The van der Waals surface area contributed by atoms with Gasteiger partial charge in [-0.1, -0.05) is 39.3 Å². The molecule has 0 fully saturated rings. The predicted molar refractivity (Wildman–Crippen MR) is 83.1 cm³/mol. The van der Waals surface area contributed by atoms with Crippen molar-refractivity contribution in [3.63, 3.8) is 0 Å². The molecule has 0 bridgehead atoms. The zero-order valence-electron chi connectivity index (χ0n) is 12.7. The average molecular weight is 310 g/mol. The molecule has 4 nitrogen and oxygen atoms in total. The zero-order chi connectivity index (χ0) is 15.8. The van der Waals surface area contributed by atoms with Gasteiger partial charge in [0.2, 0.25) is 0 Å². The molecule has 1 unspecified atom stereocenters. The molecule has 0 saturated heterocycles. The first-order valence-electron chi connectivity index (χ1n) is 6.98. The number of carbonyl (C=O) groups excluding carboxylic acids is 2. The van der Waals surface area contributed by atoms with Crippen LogP contribution in [0.25, 0.3) is 0 Å². The molecule has 1 atom stereocenters. The van der Waals surface area contributed by atoms with E-state index in [0.717, 1.165) is 0 Å². The summed E-state index contributed by atoms with van der Waals surface area (Å²) in [7, 11) is 0.